The molecule has 2 N–H and O–H groups in total. The zero-order chi connectivity index (χ0) is 22.4. The minimum absolute atomic E-state index is 0.245. The molecule has 170 valence electrons. The fourth-order valence-corrected chi connectivity index (χ4v) is 6.19. The number of hydrogen-bond donors (Lipinski definition) is 2. The minimum atomic E-state index is -1.04. The van der Waals surface area contributed by atoms with Crippen molar-refractivity contribution in [3.8, 4) is 0 Å². The van der Waals surface area contributed by atoms with E-state index in [0.29, 0.717) is 32.2 Å². The van der Waals surface area contributed by atoms with E-state index in [2.05, 4.69) is 17.9 Å². The first-order chi connectivity index (χ1) is 14.7. The fourth-order valence-electron chi connectivity index (χ4n) is 6.19. The Kier molecular flexibility index (Phi) is 6.03. The lowest BCUT2D eigenvalue weighted by molar-refractivity contribution is -0.202. The van der Waals surface area contributed by atoms with Gasteiger partial charge < -0.3 is 19.7 Å². The summed E-state index contributed by atoms with van der Waals surface area (Å²) in [6, 6.07) is 9.43. The average molecular weight is 430 g/mol. The van der Waals surface area contributed by atoms with Gasteiger partial charge in [0.1, 0.15) is 12.1 Å². The Morgan fingerprint density at radius 1 is 1.32 bits per heavy atom. The van der Waals surface area contributed by atoms with E-state index in [9.17, 15) is 15.0 Å². The number of methoxy groups -OCH3 is 1. The molecule has 0 radical (unpaired) electrons. The summed E-state index contributed by atoms with van der Waals surface area (Å²) in [7, 11) is 1.59. The number of rotatable bonds is 5. The maximum atomic E-state index is 13.2. The normalized spacial score (nSPS) is 40.1. The lowest BCUT2D eigenvalue weighted by atomic mass is 9.64. The van der Waals surface area contributed by atoms with E-state index < -0.39 is 35.5 Å². The molecule has 6 nitrogen and oxygen atoms in total. The van der Waals surface area contributed by atoms with Crippen molar-refractivity contribution < 1.29 is 24.5 Å². The number of fused-ring (bicyclic) bond motifs is 3. The molecule has 1 saturated carbocycles. The number of carbonyl (C=O) groups excluding carboxylic acids is 1. The van der Waals surface area contributed by atoms with Gasteiger partial charge in [-0.3, -0.25) is 9.69 Å². The number of ether oxygens (including phenoxy) is 2. The molecule has 3 aliphatic rings. The summed E-state index contributed by atoms with van der Waals surface area (Å²) in [4.78, 5) is 15.4. The number of hydrogen-bond acceptors (Lipinski definition) is 6. The van der Waals surface area contributed by atoms with E-state index in [0.717, 1.165) is 11.1 Å². The summed E-state index contributed by atoms with van der Waals surface area (Å²) < 4.78 is 11.8. The van der Waals surface area contributed by atoms with Crippen LogP contribution in [0.2, 0.25) is 0 Å². The molecule has 1 aromatic carbocycles. The summed E-state index contributed by atoms with van der Waals surface area (Å²) in [6.07, 6.45) is 2.53. The summed E-state index contributed by atoms with van der Waals surface area (Å²) in [6.45, 7) is 6.50. The molecule has 6 heteroatoms. The third-order valence-corrected chi connectivity index (χ3v) is 7.70. The molecule has 0 aromatic heterocycles. The van der Waals surface area contributed by atoms with E-state index in [4.69, 9.17) is 9.47 Å². The largest absolute Gasteiger partial charge is 0.459 e. The van der Waals surface area contributed by atoms with Crippen molar-refractivity contribution in [2.75, 3.05) is 13.7 Å². The molecule has 31 heavy (non-hydrogen) atoms. The van der Waals surface area contributed by atoms with Gasteiger partial charge in [-0.1, -0.05) is 42.0 Å². The van der Waals surface area contributed by atoms with Crippen molar-refractivity contribution in [1.29, 1.82) is 0 Å². The number of cyclic esters (lactones) is 1. The van der Waals surface area contributed by atoms with Crippen LogP contribution in [0.5, 0.6) is 0 Å². The van der Waals surface area contributed by atoms with Crippen LogP contribution in [-0.2, 0) is 20.7 Å². The highest BCUT2D eigenvalue weighted by Crippen LogP contribution is 2.55. The van der Waals surface area contributed by atoms with Crippen LogP contribution >= 0.6 is 0 Å². The first-order valence-corrected chi connectivity index (χ1v) is 11.3. The highest BCUT2D eigenvalue weighted by molar-refractivity contribution is 5.78. The zero-order valence-corrected chi connectivity index (χ0v) is 19.0. The van der Waals surface area contributed by atoms with Gasteiger partial charge in [0.2, 0.25) is 0 Å². The lowest BCUT2D eigenvalue weighted by Crippen LogP contribution is -2.69. The van der Waals surface area contributed by atoms with Crippen molar-refractivity contribution in [3.63, 3.8) is 0 Å². The van der Waals surface area contributed by atoms with Gasteiger partial charge in [-0.25, -0.2) is 0 Å². The Morgan fingerprint density at radius 2 is 2.03 bits per heavy atom. The Bertz CT molecular complexity index is 838. The van der Waals surface area contributed by atoms with E-state index in [1.807, 2.05) is 44.2 Å². The number of aliphatic hydroxyl groups is 2. The van der Waals surface area contributed by atoms with Gasteiger partial charge in [0.15, 0.2) is 0 Å². The van der Waals surface area contributed by atoms with Gasteiger partial charge in [0.05, 0.1) is 23.3 Å². The van der Waals surface area contributed by atoms with Crippen LogP contribution in [0.25, 0.3) is 0 Å². The van der Waals surface area contributed by atoms with Crippen molar-refractivity contribution >= 4 is 5.97 Å². The van der Waals surface area contributed by atoms with Gasteiger partial charge in [-0.15, -0.1) is 0 Å². The molecule has 1 aromatic rings. The maximum absolute atomic E-state index is 13.2. The van der Waals surface area contributed by atoms with Crippen LogP contribution in [-0.4, -0.2) is 70.2 Å². The molecule has 4 rings (SSSR count). The molecule has 1 aliphatic carbocycles. The van der Waals surface area contributed by atoms with Crippen molar-refractivity contribution in [2.45, 2.75) is 81.9 Å². The molecule has 0 spiro atoms. The number of allylic oxidation sites excluding steroid dienone is 1. The smallest absolute Gasteiger partial charge is 0.324 e. The van der Waals surface area contributed by atoms with Crippen molar-refractivity contribution in [3.05, 3.63) is 47.5 Å². The van der Waals surface area contributed by atoms with Crippen LogP contribution < -0.4 is 0 Å². The molecular weight excluding hydrogens is 394 g/mol. The predicted octanol–water partition coefficient (Wildman–Crippen LogP) is 2.47. The van der Waals surface area contributed by atoms with Crippen molar-refractivity contribution in [1.82, 2.24) is 4.90 Å². The molecule has 0 bridgehead atoms. The first-order valence-electron chi connectivity index (χ1n) is 11.3. The topological polar surface area (TPSA) is 79.2 Å². The van der Waals surface area contributed by atoms with Gasteiger partial charge in [0.25, 0.3) is 0 Å². The number of aliphatic hydroxyl groups excluding tert-OH is 1. The second-order valence-corrected chi connectivity index (χ2v) is 9.89. The summed E-state index contributed by atoms with van der Waals surface area (Å²) >= 11 is 0. The molecule has 2 saturated heterocycles. The third kappa shape index (κ3) is 3.74. The third-order valence-electron chi connectivity index (χ3n) is 7.70. The highest BCUT2D eigenvalue weighted by atomic mass is 16.6. The second kappa shape index (κ2) is 8.32. The van der Waals surface area contributed by atoms with Crippen LogP contribution in [0.3, 0.4) is 0 Å². The average Bonchev–Trinajstić information content (AvgIpc) is 2.99. The summed E-state index contributed by atoms with van der Waals surface area (Å²) in [5.41, 5.74) is 0.509. The first kappa shape index (κ1) is 22.5. The molecule has 2 aliphatic heterocycles. The number of benzene rings is 1. The second-order valence-electron chi connectivity index (χ2n) is 9.89. The van der Waals surface area contributed by atoms with E-state index in [1.54, 1.807) is 7.11 Å². The van der Waals surface area contributed by atoms with E-state index >= 15 is 0 Å². The van der Waals surface area contributed by atoms with Crippen LogP contribution in [0, 0.1) is 5.92 Å². The van der Waals surface area contributed by atoms with Gasteiger partial charge in [-0.2, -0.15) is 0 Å². The van der Waals surface area contributed by atoms with Crippen LogP contribution in [0.15, 0.2) is 42.0 Å². The fraction of sp³-hybridized carbons (Fsp3) is 0.640. The van der Waals surface area contributed by atoms with Gasteiger partial charge >= 0.3 is 5.97 Å². The van der Waals surface area contributed by atoms with E-state index in [1.165, 1.54) is 0 Å². The number of β-amino-alcohol motifs (C(OH)–C–C–N with tert-alkyl or cyclic N) is 1. The van der Waals surface area contributed by atoms with Crippen molar-refractivity contribution in [2.24, 2.45) is 5.92 Å². The maximum Gasteiger partial charge on any atom is 0.324 e. The Hall–Kier alpha value is -1.73. The quantitative estimate of drug-likeness (QED) is 0.553. The number of esters is 1. The molecule has 2 heterocycles. The SMILES string of the molecule is CO[C@H]1C2[C@](O)(CC[C@H]1O)CN1[C@H](Cc3ccccc3)C(=O)O[C@H](CC=C(C)C)[C@]21C. The lowest BCUT2D eigenvalue weighted by Gasteiger charge is -2.54. The summed E-state index contributed by atoms with van der Waals surface area (Å²) in [5, 5.41) is 22.5. The Morgan fingerprint density at radius 3 is 2.68 bits per heavy atom. The number of carbonyl (C=O) groups is 1. The Labute approximate surface area is 184 Å². The molecule has 3 fully saturated rings. The minimum Gasteiger partial charge on any atom is -0.459 e. The highest BCUT2D eigenvalue weighted by Gasteiger charge is 2.70. The molecular formula is C25H35NO5. The number of nitrogens with zero attached hydrogens (tertiary/aromatic N) is 1. The van der Waals surface area contributed by atoms with Gasteiger partial charge in [0, 0.05) is 26.0 Å². The zero-order valence-electron chi connectivity index (χ0n) is 19.0. The Balaban J connectivity index is 1.77. The summed E-state index contributed by atoms with van der Waals surface area (Å²) in [5.74, 6) is -0.610. The number of morpholine rings is 1. The molecule has 0 amide bonds. The van der Waals surface area contributed by atoms with Crippen LogP contribution in [0.4, 0.5) is 0 Å². The molecule has 7 atom stereocenters. The molecule has 1 unspecified atom stereocenters. The van der Waals surface area contributed by atoms with Gasteiger partial charge in [-0.05, 0) is 45.6 Å². The van der Waals surface area contributed by atoms with E-state index in [-0.39, 0.29) is 11.9 Å². The monoisotopic (exact) mass is 429 g/mol. The standard InChI is InChI=1S/C25H35NO5/c1-16(2)10-11-20-24(3)22-21(30-4)19(27)12-13-25(22,29)15-26(24)18(23(28)31-20)14-17-8-6-5-7-9-17/h5-10,18-22,27,29H,11-15H2,1-4H3/t18-,19-,20-,21-,22?,24-,25+/m1/s1. The predicted molar refractivity (Wildman–Crippen MR) is 117 cm³/mol. The van der Waals surface area contributed by atoms with Crippen LogP contribution in [0.1, 0.15) is 45.6 Å².